The zero-order valence-corrected chi connectivity index (χ0v) is 7.45. The summed E-state index contributed by atoms with van der Waals surface area (Å²) >= 11 is 0. The summed E-state index contributed by atoms with van der Waals surface area (Å²) in [5.41, 5.74) is 0. The van der Waals surface area contributed by atoms with Gasteiger partial charge in [-0.05, 0) is 13.5 Å². The molecule has 1 atom stereocenters. The van der Waals surface area contributed by atoms with E-state index < -0.39 is 0 Å². The van der Waals surface area contributed by atoms with Gasteiger partial charge in [-0.1, -0.05) is 6.92 Å². The summed E-state index contributed by atoms with van der Waals surface area (Å²) in [7, 11) is 0. The highest BCUT2D eigenvalue weighted by Gasteiger charge is 2.20. The molecule has 0 amide bonds. The van der Waals surface area contributed by atoms with E-state index in [9.17, 15) is 0 Å². The Hall–Kier alpha value is -0.120. The van der Waals surface area contributed by atoms with Crippen LogP contribution in [0.25, 0.3) is 0 Å². The Kier molecular flexibility index (Phi) is 3.30. The maximum Gasteiger partial charge on any atom is 0.0957 e. The van der Waals surface area contributed by atoms with Gasteiger partial charge in [-0.15, -0.1) is 0 Å². The lowest BCUT2D eigenvalue weighted by Gasteiger charge is -2.38. The predicted molar refractivity (Wildman–Crippen MR) is 45.4 cm³/mol. The first kappa shape index (κ1) is 8.97. The van der Waals surface area contributed by atoms with Crippen molar-refractivity contribution in [1.82, 2.24) is 9.80 Å². The Labute approximate surface area is 68.6 Å². The van der Waals surface area contributed by atoms with Crippen molar-refractivity contribution in [3.8, 4) is 0 Å². The van der Waals surface area contributed by atoms with Crippen molar-refractivity contribution in [3.63, 3.8) is 0 Å². The number of likely N-dealkylation sites (N-methyl/N-ethyl adjacent to an activating group) is 1. The van der Waals surface area contributed by atoms with Gasteiger partial charge in [-0.25, -0.2) is 0 Å². The number of piperazine rings is 1. The second kappa shape index (κ2) is 4.04. The van der Waals surface area contributed by atoms with Gasteiger partial charge in [0.05, 0.1) is 6.73 Å². The third-order valence-corrected chi connectivity index (χ3v) is 2.46. The number of hydrogen-bond donors (Lipinski definition) is 1. The third kappa shape index (κ3) is 2.15. The first-order valence-corrected chi connectivity index (χ1v) is 4.35. The SMILES string of the molecule is CCN1CCN(CO)CC1C. The van der Waals surface area contributed by atoms with Crippen LogP contribution in [0.4, 0.5) is 0 Å². The second-order valence-electron chi connectivity index (χ2n) is 3.20. The van der Waals surface area contributed by atoms with Crippen LogP contribution in [-0.4, -0.2) is 53.9 Å². The molecular weight excluding hydrogens is 140 g/mol. The van der Waals surface area contributed by atoms with Crippen LogP contribution in [0.5, 0.6) is 0 Å². The summed E-state index contributed by atoms with van der Waals surface area (Å²) in [5, 5.41) is 8.88. The maximum atomic E-state index is 8.88. The molecule has 1 aliphatic rings. The normalized spacial score (nSPS) is 29.2. The zero-order chi connectivity index (χ0) is 8.27. The van der Waals surface area contributed by atoms with Crippen LogP contribution in [0.3, 0.4) is 0 Å². The molecule has 1 heterocycles. The fourth-order valence-corrected chi connectivity index (χ4v) is 1.67. The van der Waals surface area contributed by atoms with Crippen LogP contribution < -0.4 is 0 Å². The third-order valence-electron chi connectivity index (χ3n) is 2.46. The monoisotopic (exact) mass is 158 g/mol. The van der Waals surface area contributed by atoms with Crippen molar-refractivity contribution in [2.75, 3.05) is 32.9 Å². The van der Waals surface area contributed by atoms with Gasteiger partial charge in [0, 0.05) is 25.7 Å². The van der Waals surface area contributed by atoms with Crippen molar-refractivity contribution in [2.24, 2.45) is 0 Å². The van der Waals surface area contributed by atoms with Gasteiger partial charge in [0.15, 0.2) is 0 Å². The molecule has 0 saturated carbocycles. The van der Waals surface area contributed by atoms with Crippen LogP contribution in [0.2, 0.25) is 0 Å². The molecule has 0 spiro atoms. The summed E-state index contributed by atoms with van der Waals surface area (Å²) < 4.78 is 0. The highest BCUT2D eigenvalue weighted by atomic mass is 16.3. The molecule has 3 heteroatoms. The van der Waals surface area contributed by atoms with E-state index in [1.54, 1.807) is 0 Å². The van der Waals surface area contributed by atoms with Crippen molar-refractivity contribution in [2.45, 2.75) is 19.9 Å². The van der Waals surface area contributed by atoms with Gasteiger partial charge < -0.3 is 5.11 Å². The molecule has 0 radical (unpaired) electrons. The summed E-state index contributed by atoms with van der Waals surface area (Å²) in [5.74, 6) is 0. The fraction of sp³-hybridized carbons (Fsp3) is 1.00. The van der Waals surface area contributed by atoms with Gasteiger partial charge in [-0.2, -0.15) is 0 Å². The van der Waals surface area contributed by atoms with Crippen molar-refractivity contribution in [3.05, 3.63) is 0 Å². The summed E-state index contributed by atoms with van der Waals surface area (Å²) in [6.07, 6.45) is 0. The average molecular weight is 158 g/mol. The van der Waals surface area contributed by atoms with Gasteiger partial charge in [0.25, 0.3) is 0 Å². The van der Waals surface area contributed by atoms with Gasteiger partial charge in [0.2, 0.25) is 0 Å². The maximum absolute atomic E-state index is 8.88. The van der Waals surface area contributed by atoms with Crippen LogP contribution in [-0.2, 0) is 0 Å². The van der Waals surface area contributed by atoms with Crippen molar-refractivity contribution < 1.29 is 5.11 Å². The molecule has 0 aromatic heterocycles. The minimum atomic E-state index is 0.210. The lowest BCUT2D eigenvalue weighted by atomic mass is 10.2. The van der Waals surface area contributed by atoms with Crippen molar-refractivity contribution in [1.29, 1.82) is 0 Å². The fourth-order valence-electron chi connectivity index (χ4n) is 1.67. The van der Waals surface area contributed by atoms with E-state index in [0.717, 1.165) is 26.2 Å². The van der Waals surface area contributed by atoms with Crippen LogP contribution in [0, 0.1) is 0 Å². The van der Waals surface area contributed by atoms with Gasteiger partial charge >= 0.3 is 0 Å². The number of aliphatic hydroxyl groups is 1. The Morgan fingerprint density at radius 3 is 2.64 bits per heavy atom. The molecule has 0 aromatic carbocycles. The second-order valence-corrected chi connectivity index (χ2v) is 3.20. The van der Waals surface area contributed by atoms with Crippen molar-refractivity contribution >= 4 is 0 Å². The van der Waals surface area contributed by atoms with E-state index in [1.165, 1.54) is 0 Å². The highest BCUT2D eigenvalue weighted by molar-refractivity contribution is 4.76. The molecule has 1 rings (SSSR count). The zero-order valence-electron chi connectivity index (χ0n) is 7.45. The number of nitrogens with zero attached hydrogens (tertiary/aromatic N) is 2. The molecule has 11 heavy (non-hydrogen) atoms. The smallest absolute Gasteiger partial charge is 0.0957 e. The quantitative estimate of drug-likeness (QED) is 0.611. The Morgan fingerprint density at radius 1 is 1.45 bits per heavy atom. The molecule has 1 unspecified atom stereocenters. The van der Waals surface area contributed by atoms with Crippen LogP contribution >= 0.6 is 0 Å². The van der Waals surface area contributed by atoms with E-state index >= 15 is 0 Å². The lowest BCUT2D eigenvalue weighted by molar-refractivity contribution is 0.0283. The highest BCUT2D eigenvalue weighted by Crippen LogP contribution is 2.07. The minimum absolute atomic E-state index is 0.210. The Balaban J connectivity index is 2.34. The van der Waals surface area contributed by atoms with E-state index in [-0.39, 0.29) is 6.73 Å². The Morgan fingerprint density at radius 2 is 2.18 bits per heavy atom. The standard InChI is InChI=1S/C8H18N2O/c1-3-10-5-4-9(7-11)6-8(10)2/h8,11H,3-7H2,1-2H3. The first-order valence-electron chi connectivity index (χ1n) is 4.35. The molecule has 1 saturated heterocycles. The first-order chi connectivity index (χ1) is 5.27. The van der Waals surface area contributed by atoms with Gasteiger partial charge in [0.1, 0.15) is 0 Å². The molecule has 0 aliphatic carbocycles. The predicted octanol–water partition coefficient (Wildman–Crippen LogP) is -0.0378. The summed E-state index contributed by atoms with van der Waals surface area (Å²) in [6, 6.07) is 0.598. The summed E-state index contributed by atoms with van der Waals surface area (Å²) in [4.78, 5) is 4.52. The van der Waals surface area contributed by atoms with E-state index in [1.807, 2.05) is 0 Å². The molecule has 1 N–H and O–H groups in total. The molecule has 3 nitrogen and oxygen atoms in total. The largest absolute Gasteiger partial charge is 0.381 e. The van der Waals surface area contributed by atoms with Crippen LogP contribution in [0.1, 0.15) is 13.8 Å². The minimum Gasteiger partial charge on any atom is -0.381 e. The Bertz CT molecular complexity index is 119. The summed E-state index contributed by atoms with van der Waals surface area (Å²) in [6.45, 7) is 8.84. The van der Waals surface area contributed by atoms with Crippen LogP contribution in [0.15, 0.2) is 0 Å². The number of aliphatic hydroxyl groups excluding tert-OH is 1. The number of hydrogen-bond acceptors (Lipinski definition) is 3. The number of rotatable bonds is 2. The van der Waals surface area contributed by atoms with E-state index in [0.29, 0.717) is 6.04 Å². The van der Waals surface area contributed by atoms with E-state index in [4.69, 9.17) is 5.11 Å². The molecule has 1 aliphatic heterocycles. The topological polar surface area (TPSA) is 26.7 Å². The molecule has 0 bridgehead atoms. The average Bonchev–Trinajstić information content (AvgIpc) is 2.04. The molecule has 1 fully saturated rings. The van der Waals surface area contributed by atoms with E-state index in [2.05, 4.69) is 23.6 Å². The van der Waals surface area contributed by atoms with Gasteiger partial charge in [-0.3, -0.25) is 9.80 Å². The molecule has 66 valence electrons. The molecular formula is C8H18N2O. The lowest BCUT2D eigenvalue weighted by Crippen LogP contribution is -2.51. The molecule has 0 aromatic rings.